The van der Waals surface area contributed by atoms with Gasteiger partial charge >= 0.3 is 0 Å². The molecule has 2 heteroatoms. The number of halogens is 2. The lowest BCUT2D eigenvalue weighted by molar-refractivity contribution is 0.627. The number of hydrogen-bond donors (Lipinski definition) is 0. The van der Waals surface area contributed by atoms with Crippen LogP contribution in [0.3, 0.4) is 0 Å². The zero-order valence-corrected chi connectivity index (χ0v) is 15.3. The molecule has 4 rings (SSSR count). The molecule has 3 aromatic rings. The molecular weight excluding hydrogens is 338 g/mol. The summed E-state index contributed by atoms with van der Waals surface area (Å²) in [6.07, 6.45) is 2.16. The highest BCUT2D eigenvalue weighted by Crippen LogP contribution is 2.59. The van der Waals surface area contributed by atoms with Gasteiger partial charge in [0.25, 0.3) is 0 Å². The molecule has 0 saturated carbocycles. The smallest absolute Gasteiger partial charge is 0.123 e. The number of allylic oxidation sites excluding steroid dienone is 3. The summed E-state index contributed by atoms with van der Waals surface area (Å²) in [5.74, 6) is -0.540. The quantitative estimate of drug-likeness (QED) is 0.476. The minimum Gasteiger partial charge on any atom is -0.207 e. The predicted molar refractivity (Wildman–Crippen MR) is 107 cm³/mol. The summed E-state index contributed by atoms with van der Waals surface area (Å²) in [6, 6.07) is 23.2. The molecule has 134 valence electrons. The van der Waals surface area contributed by atoms with E-state index in [9.17, 15) is 8.78 Å². The van der Waals surface area contributed by atoms with E-state index in [4.69, 9.17) is 0 Å². The van der Waals surface area contributed by atoms with Crippen molar-refractivity contribution in [3.63, 3.8) is 0 Å². The summed E-state index contributed by atoms with van der Waals surface area (Å²) in [6.45, 7) is 4.40. The minimum atomic E-state index is -0.270. The molecule has 0 nitrogen and oxygen atoms in total. The van der Waals surface area contributed by atoms with Gasteiger partial charge in [-0.1, -0.05) is 68.4 Å². The third kappa shape index (κ3) is 3.35. The first kappa shape index (κ1) is 17.4. The molecule has 3 aromatic carbocycles. The maximum Gasteiger partial charge on any atom is 0.123 e. The maximum atomic E-state index is 13.4. The summed E-state index contributed by atoms with van der Waals surface area (Å²) < 4.78 is 26.8. The van der Waals surface area contributed by atoms with Crippen LogP contribution in [-0.2, 0) is 0 Å². The average molecular weight is 358 g/mol. The van der Waals surface area contributed by atoms with Gasteiger partial charge in [-0.2, -0.15) is 0 Å². The average Bonchev–Trinajstić information content (AvgIpc) is 3.22. The fourth-order valence-corrected chi connectivity index (χ4v) is 3.61. The van der Waals surface area contributed by atoms with E-state index in [1.165, 1.54) is 41.0 Å². The highest BCUT2D eigenvalue weighted by atomic mass is 19.1. The molecule has 0 spiro atoms. The van der Waals surface area contributed by atoms with Crippen molar-refractivity contribution in [2.75, 3.05) is 0 Å². The molecule has 0 N–H and O–H groups in total. The van der Waals surface area contributed by atoms with Crippen LogP contribution in [0.25, 0.3) is 11.1 Å². The topological polar surface area (TPSA) is 0 Å². The lowest BCUT2D eigenvalue weighted by atomic mass is 9.94. The van der Waals surface area contributed by atoms with Crippen LogP contribution in [-0.4, -0.2) is 0 Å². The largest absolute Gasteiger partial charge is 0.207 e. The van der Waals surface area contributed by atoms with E-state index in [2.05, 4.69) is 32.1 Å². The summed E-state index contributed by atoms with van der Waals surface area (Å²) in [7, 11) is 0. The fourth-order valence-electron chi connectivity index (χ4n) is 3.61. The van der Waals surface area contributed by atoms with Crippen molar-refractivity contribution in [2.24, 2.45) is 5.41 Å². The lowest BCUT2D eigenvalue weighted by Crippen LogP contribution is -1.94. The highest BCUT2D eigenvalue weighted by molar-refractivity contribution is 5.96. The zero-order chi connectivity index (χ0) is 19.0. The van der Waals surface area contributed by atoms with Crippen molar-refractivity contribution in [3.8, 4) is 0 Å². The van der Waals surface area contributed by atoms with Crippen molar-refractivity contribution in [1.29, 1.82) is 0 Å². The SMILES string of the molecule is CC1(C)C(C=C(c2ccc(F)cc2)c2ccc(F)cc2)=C1c1ccccc1. The van der Waals surface area contributed by atoms with Gasteiger partial charge in [0.05, 0.1) is 0 Å². The molecule has 0 unspecified atom stereocenters. The number of benzene rings is 3. The van der Waals surface area contributed by atoms with E-state index in [1.54, 1.807) is 24.3 Å². The molecule has 0 aromatic heterocycles. The maximum absolute atomic E-state index is 13.4. The Hall–Kier alpha value is -3.00. The van der Waals surface area contributed by atoms with Crippen LogP contribution >= 0.6 is 0 Å². The van der Waals surface area contributed by atoms with Crippen molar-refractivity contribution >= 4 is 11.1 Å². The Balaban J connectivity index is 1.84. The first-order chi connectivity index (χ1) is 13.0. The van der Waals surface area contributed by atoms with Gasteiger partial charge < -0.3 is 0 Å². The Morgan fingerprint density at radius 1 is 0.704 bits per heavy atom. The third-order valence-electron chi connectivity index (χ3n) is 5.17. The second-order valence-electron chi connectivity index (χ2n) is 7.35. The fraction of sp³-hybridized carbons (Fsp3) is 0.120. The first-order valence-electron chi connectivity index (χ1n) is 9.01. The number of hydrogen-bond acceptors (Lipinski definition) is 0. The van der Waals surface area contributed by atoms with Gasteiger partial charge in [-0.15, -0.1) is 0 Å². The first-order valence-corrected chi connectivity index (χ1v) is 9.01. The Morgan fingerprint density at radius 3 is 1.67 bits per heavy atom. The molecule has 1 aliphatic carbocycles. The van der Waals surface area contributed by atoms with Crippen molar-refractivity contribution in [3.05, 3.63) is 119 Å². The second-order valence-corrected chi connectivity index (χ2v) is 7.35. The van der Waals surface area contributed by atoms with Gasteiger partial charge in [0.1, 0.15) is 11.6 Å². The summed E-state index contributed by atoms with van der Waals surface area (Å²) >= 11 is 0. The van der Waals surface area contributed by atoms with E-state index in [1.807, 2.05) is 18.2 Å². The van der Waals surface area contributed by atoms with Gasteiger partial charge in [-0.25, -0.2) is 8.78 Å². The van der Waals surface area contributed by atoms with Gasteiger partial charge in [0.15, 0.2) is 0 Å². The molecule has 27 heavy (non-hydrogen) atoms. The van der Waals surface area contributed by atoms with Crippen molar-refractivity contribution < 1.29 is 8.78 Å². The van der Waals surface area contributed by atoms with E-state index in [0.717, 1.165) is 16.7 Å². The van der Waals surface area contributed by atoms with Crippen LogP contribution in [0.4, 0.5) is 8.78 Å². The van der Waals surface area contributed by atoms with Gasteiger partial charge in [-0.05, 0) is 63.8 Å². The van der Waals surface area contributed by atoms with Gasteiger partial charge in [0, 0.05) is 5.41 Å². The summed E-state index contributed by atoms with van der Waals surface area (Å²) in [5, 5.41) is 0. The Labute approximate surface area is 158 Å². The Bertz CT molecular complexity index is 974. The normalized spacial score (nSPS) is 14.8. The molecule has 0 atom stereocenters. The predicted octanol–water partition coefficient (Wildman–Crippen LogP) is 6.89. The summed E-state index contributed by atoms with van der Waals surface area (Å²) in [4.78, 5) is 0. The molecule has 0 saturated heterocycles. The van der Waals surface area contributed by atoms with Crippen LogP contribution in [0.15, 0.2) is 90.5 Å². The van der Waals surface area contributed by atoms with E-state index in [-0.39, 0.29) is 17.0 Å². The van der Waals surface area contributed by atoms with Crippen LogP contribution in [0, 0.1) is 17.0 Å². The molecule has 0 bridgehead atoms. The number of rotatable bonds is 4. The van der Waals surface area contributed by atoms with Crippen molar-refractivity contribution in [2.45, 2.75) is 13.8 Å². The van der Waals surface area contributed by atoms with Crippen LogP contribution in [0.5, 0.6) is 0 Å². The Kier molecular flexibility index (Phi) is 4.27. The van der Waals surface area contributed by atoms with Crippen LogP contribution < -0.4 is 0 Å². The molecular formula is C25H20F2. The van der Waals surface area contributed by atoms with E-state index in [0.29, 0.717) is 0 Å². The van der Waals surface area contributed by atoms with Crippen LogP contribution in [0.2, 0.25) is 0 Å². The molecule has 0 heterocycles. The van der Waals surface area contributed by atoms with Gasteiger partial charge in [0.2, 0.25) is 0 Å². The van der Waals surface area contributed by atoms with Crippen molar-refractivity contribution in [1.82, 2.24) is 0 Å². The third-order valence-corrected chi connectivity index (χ3v) is 5.17. The monoisotopic (exact) mass is 358 g/mol. The zero-order valence-electron chi connectivity index (χ0n) is 15.3. The van der Waals surface area contributed by atoms with Crippen LogP contribution in [0.1, 0.15) is 30.5 Å². The molecule has 0 radical (unpaired) electrons. The Morgan fingerprint density at radius 2 is 1.19 bits per heavy atom. The minimum absolute atomic E-state index is 0.0212. The molecule has 0 fully saturated rings. The van der Waals surface area contributed by atoms with Gasteiger partial charge in [-0.3, -0.25) is 0 Å². The van der Waals surface area contributed by atoms with E-state index >= 15 is 0 Å². The lowest BCUT2D eigenvalue weighted by Gasteiger charge is -2.10. The molecule has 0 amide bonds. The summed E-state index contributed by atoms with van der Waals surface area (Å²) in [5.41, 5.74) is 6.53. The van der Waals surface area contributed by atoms with E-state index < -0.39 is 0 Å². The highest BCUT2D eigenvalue weighted by Gasteiger charge is 2.44. The molecule has 0 aliphatic heterocycles. The second kappa shape index (κ2) is 6.62. The molecule has 1 aliphatic rings. The standard InChI is InChI=1S/C25H20F2/c1-25(2)23(24(25)19-6-4-3-5-7-19)16-22(17-8-12-20(26)13-9-17)18-10-14-21(27)15-11-18/h3-16H,1-2H3.